The van der Waals surface area contributed by atoms with Crippen molar-refractivity contribution < 1.29 is 24.2 Å². The lowest BCUT2D eigenvalue weighted by molar-refractivity contribution is 0.0470. The lowest BCUT2D eigenvalue weighted by Gasteiger charge is -2.44. The predicted octanol–water partition coefficient (Wildman–Crippen LogP) is 5.53. The van der Waals surface area contributed by atoms with E-state index in [9.17, 15) is 14.7 Å². The molecule has 1 aliphatic rings. The summed E-state index contributed by atoms with van der Waals surface area (Å²) in [6, 6.07) is 9.22. The maximum absolute atomic E-state index is 12.5. The lowest BCUT2D eigenvalue weighted by atomic mass is 10.0. The minimum absolute atomic E-state index is 0.0655. The molecule has 0 saturated heterocycles. The highest BCUT2D eigenvalue weighted by Crippen LogP contribution is 2.36. The van der Waals surface area contributed by atoms with E-state index in [0.29, 0.717) is 10.9 Å². The Balaban J connectivity index is 2.33. The number of carbonyl (C=O) groups is 2. The van der Waals surface area contributed by atoms with Crippen LogP contribution in [0.15, 0.2) is 52.5 Å². The van der Waals surface area contributed by atoms with Gasteiger partial charge in [0.2, 0.25) is 0 Å². The zero-order valence-electron chi connectivity index (χ0n) is 20.3. The third-order valence-corrected chi connectivity index (χ3v) is 5.99. The molecule has 2 amide bonds. The summed E-state index contributed by atoms with van der Waals surface area (Å²) in [6.45, 7) is 11.2. The number of hydrogen-bond acceptors (Lipinski definition) is 5. The quantitative estimate of drug-likeness (QED) is 0.300. The number of nitrogens with zero attached hydrogens (tertiary/aromatic N) is 1. The zero-order chi connectivity index (χ0) is 25.7. The van der Waals surface area contributed by atoms with Gasteiger partial charge in [-0.1, -0.05) is 57.9 Å². The Morgan fingerprint density at radius 2 is 1.79 bits per heavy atom. The normalized spacial score (nSPS) is 17.6. The molecule has 2 rings (SSSR count). The van der Waals surface area contributed by atoms with E-state index in [-0.39, 0.29) is 18.2 Å². The van der Waals surface area contributed by atoms with Crippen molar-refractivity contribution in [3.8, 4) is 0 Å². The van der Waals surface area contributed by atoms with Gasteiger partial charge in [0.05, 0.1) is 6.04 Å². The van der Waals surface area contributed by atoms with Crippen LogP contribution < -0.4 is 10.6 Å². The minimum Gasteiger partial charge on any atom is -0.488 e. The fraction of sp³-hybridized carbons (Fsp3) is 0.500. The molecule has 10 heteroatoms. The molecule has 1 heterocycles. The summed E-state index contributed by atoms with van der Waals surface area (Å²) in [7, 11) is 0. The van der Waals surface area contributed by atoms with Gasteiger partial charge in [0.1, 0.15) is 17.7 Å². The molecule has 8 nitrogen and oxygen atoms in total. The van der Waals surface area contributed by atoms with Crippen molar-refractivity contribution >= 4 is 39.7 Å². The van der Waals surface area contributed by atoms with Gasteiger partial charge in [-0.2, -0.15) is 0 Å². The number of halogens is 2. The Hall–Kier alpha value is -2.39. The Bertz CT molecular complexity index is 938. The third kappa shape index (κ3) is 8.43. The molecule has 1 unspecified atom stereocenters. The molecule has 188 valence electrons. The van der Waals surface area contributed by atoms with Gasteiger partial charge in [0.25, 0.3) is 0 Å². The van der Waals surface area contributed by atoms with E-state index in [4.69, 9.17) is 21.1 Å². The van der Waals surface area contributed by atoms with Crippen LogP contribution in [0.25, 0.3) is 0 Å². The number of ether oxygens (including phenoxy) is 2. The van der Waals surface area contributed by atoms with Crippen molar-refractivity contribution in [2.24, 2.45) is 0 Å². The van der Waals surface area contributed by atoms with Crippen molar-refractivity contribution in [2.45, 2.75) is 70.6 Å². The summed E-state index contributed by atoms with van der Waals surface area (Å²) < 4.78 is 12.1. The second kappa shape index (κ2) is 11.4. The van der Waals surface area contributed by atoms with Crippen LogP contribution in [-0.2, 0) is 15.9 Å². The molecule has 0 spiro atoms. The molecule has 1 aromatic carbocycles. The zero-order valence-corrected chi connectivity index (χ0v) is 22.7. The van der Waals surface area contributed by atoms with E-state index in [2.05, 4.69) is 26.6 Å². The number of alkyl halides is 1. The number of alkyl carbamates (subject to hydrolysis) is 1. The molecule has 2 atom stereocenters. The summed E-state index contributed by atoms with van der Waals surface area (Å²) >= 11 is 10.0. The molecule has 0 bridgehead atoms. The van der Waals surface area contributed by atoms with Gasteiger partial charge < -0.3 is 24.8 Å². The first kappa shape index (κ1) is 27.9. The maximum atomic E-state index is 12.5. The van der Waals surface area contributed by atoms with Crippen molar-refractivity contribution in [1.82, 2.24) is 15.5 Å². The van der Waals surface area contributed by atoms with E-state index in [1.807, 2.05) is 51.1 Å². The van der Waals surface area contributed by atoms with E-state index < -0.39 is 34.9 Å². The second-order valence-corrected chi connectivity index (χ2v) is 11.2. The highest BCUT2D eigenvalue weighted by molar-refractivity contribution is 9.11. The van der Waals surface area contributed by atoms with Crippen LogP contribution in [0.5, 0.6) is 0 Å². The van der Waals surface area contributed by atoms with Gasteiger partial charge in [0.15, 0.2) is 11.6 Å². The van der Waals surface area contributed by atoms with Crippen LogP contribution in [0, 0.1) is 0 Å². The van der Waals surface area contributed by atoms with Gasteiger partial charge in [-0.15, -0.1) is 0 Å². The summed E-state index contributed by atoms with van der Waals surface area (Å²) in [4.78, 5) is 25.7. The first-order valence-corrected chi connectivity index (χ1v) is 12.1. The monoisotopic (exact) mass is 557 g/mol. The maximum Gasteiger partial charge on any atom is 0.410 e. The van der Waals surface area contributed by atoms with Crippen molar-refractivity contribution in [2.75, 3.05) is 6.61 Å². The molecular formula is C24H33BrClN3O5. The molecule has 34 heavy (non-hydrogen) atoms. The van der Waals surface area contributed by atoms with Gasteiger partial charge >= 0.3 is 12.2 Å². The van der Waals surface area contributed by atoms with Crippen molar-refractivity contribution in [1.29, 1.82) is 0 Å². The molecule has 0 aromatic heterocycles. The Labute approximate surface area is 214 Å². The SMILES string of the molecule is CC(C)(C)OC(=O)N[C@H](COC1=C(NC(=O)O)N(C(C)(C)C)C(Cl)C(Br)=C1)Cc1ccccc1. The van der Waals surface area contributed by atoms with Crippen molar-refractivity contribution in [3.63, 3.8) is 0 Å². The molecule has 0 aliphatic carbocycles. The number of carbonyl (C=O) groups excluding carboxylic acids is 1. The number of carboxylic acid groups (broad SMARTS) is 1. The summed E-state index contributed by atoms with van der Waals surface area (Å²) in [5.41, 5.74) is -0.801. The van der Waals surface area contributed by atoms with Crippen LogP contribution in [0.2, 0.25) is 0 Å². The first-order chi connectivity index (χ1) is 15.7. The number of hydrogen-bond donors (Lipinski definition) is 3. The van der Waals surface area contributed by atoms with Gasteiger partial charge in [-0.25, -0.2) is 9.59 Å². The minimum atomic E-state index is -1.24. The highest BCUT2D eigenvalue weighted by atomic mass is 79.9. The van der Waals surface area contributed by atoms with E-state index in [1.165, 1.54) is 0 Å². The number of benzene rings is 1. The lowest BCUT2D eigenvalue weighted by Crippen LogP contribution is -2.51. The van der Waals surface area contributed by atoms with Crippen LogP contribution in [0.3, 0.4) is 0 Å². The largest absolute Gasteiger partial charge is 0.488 e. The Morgan fingerprint density at radius 1 is 1.18 bits per heavy atom. The van der Waals surface area contributed by atoms with Gasteiger partial charge in [-0.05, 0) is 59.6 Å². The highest BCUT2D eigenvalue weighted by Gasteiger charge is 2.37. The first-order valence-electron chi connectivity index (χ1n) is 10.9. The molecular weight excluding hydrogens is 526 g/mol. The van der Waals surface area contributed by atoms with Gasteiger partial charge in [-0.3, -0.25) is 5.32 Å². The van der Waals surface area contributed by atoms with Crippen LogP contribution >= 0.6 is 27.5 Å². The number of amides is 2. The van der Waals surface area contributed by atoms with Crippen molar-refractivity contribution in [3.05, 3.63) is 58.0 Å². The second-order valence-electron chi connectivity index (χ2n) is 9.89. The van der Waals surface area contributed by atoms with Crippen LogP contribution in [0.4, 0.5) is 9.59 Å². The molecule has 1 aliphatic heterocycles. The summed E-state index contributed by atoms with van der Waals surface area (Å²) in [5.74, 6) is 0.504. The molecule has 0 fully saturated rings. The molecule has 1 aromatic rings. The average molecular weight is 559 g/mol. The van der Waals surface area contributed by atoms with Gasteiger partial charge in [0, 0.05) is 10.0 Å². The summed E-state index contributed by atoms with van der Waals surface area (Å²) in [6.07, 6.45) is 0.319. The standard InChI is InChI=1S/C24H33BrClN3O5/c1-23(2,3)29-19(26)17(25)13-18(20(29)28-21(30)31)33-14-16(12-15-10-8-7-9-11-15)27-22(32)34-24(4,5)6/h7-11,13,16,19,28H,12,14H2,1-6H3,(H,27,32)(H,30,31)/t16-,19?/m0/s1. The average Bonchev–Trinajstić information content (AvgIpc) is 2.67. The molecule has 0 radical (unpaired) electrons. The van der Waals surface area contributed by atoms with E-state index in [1.54, 1.807) is 31.7 Å². The number of nitrogens with one attached hydrogen (secondary N) is 2. The summed E-state index contributed by atoms with van der Waals surface area (Å²) in [5, 5.41) is 14.7. The van der Waals surface area contributed by atoms with E-state index >= 15 is 0 Å². The predicted molar refractivity (Wildman–Crippen MR) is 136 cm³/mol. The van der Waals surface area contributed by atoms with Crippen LogP contribution in [0.1, 0.15) is 47.1 Å². The van der Waals surface area contributed by atoms with E-state index in [0.717, 1.165) is 5.56 Å². The number of allylic oxidation sites excluding steroid dienone is 1. The smallest absolute Gasteiger partial charge is 0.410 e. The molecule has 3 N–H and O–H groups in total. The Kier molecular flexibility index (Phi) is 9.30. The molecule has 0 saturated carbocycles. The Morgan fingerprint density at radius 3 is 2.32 bits per heavy atom. The van der Waals surface area contributed by atoms with Crippen LogP contribution in [-0.4, -0.2) is 51.5 Å². The third-order valence-electron chi connectivity index (χ3n) is 4.63. The fourth-order valence-corrected chi connectivity index (χ4v) is 4.21. The number of rotatable bonds is 7. The topological polar surface area (TPSA) is 100 Å². The fourth-order valence-electron chi connectivity index (χ4n) is 3.34.